The Hall–Kier alpha value is -2.83. The van der Waals surface area contributed by atoms with Crippen LogP contribution in [0, 0.1) is 0 Å². The molecule has 0 saturated heterocycles. The lowest BCUT2D eigenvalue weighted by Gasteiger charge is -2.19. The molecule has 0 aliphatic heterocycles. The van der Waals surface area contributed by atoms with Crippen molar-refractivity contribution in [2.75, 3.05) is 27.4 Å². The molecule has 0 bridgehead atoms. The maximum atomic E-state index is 8.90. The van der Waals surface area contributed by atoms with Crippen molar-refractivity contribution in [3.63, 3.8) is 0 Å². The summed E-state index contributed by atoms with van der Waals surface area (Å²) in [5.41, 5.74) is 3.18. The first kappa shape index (κ1) is 19.9. The van der Waals surface area contributed by atoms with E-state index < -0.39 is 5.60 Å². The molecule has 1 aromatic heterocycles. The number of aliphatic hydroxyl groups is 1. The second-order valence-electron chi connectivity index (χ2n) is 6.84. The Labute approximate surface area is 165 Å². The van der Waals surface area contributed by atoms with Crippen LogP contribution >= 0.6 is 0 Å². The van der Waals surface area contributed by atoms with Crippen molar-refractivity contribution in [3.05, 3.63) is 60.3 Å². The monoisotopic (exact) mass is 382 g/mol. The summed E-state index contributed by atoms with van der Waals surface area (Å²) in [7, 11) is 3.33. The van der Waals surface area contributed by atoms with E-state index in [0.29, 0.717) is 5.75 Å². The van der Waals surface area contributed by atoms with E-state index in [1.54, 1.807) is 14.2 Å². The van der Waals surface area contributed by atoms with Gasteiger partial charge in [-0.1, -0.05) is 0 Å². The van der Waals surface area contributed by atoms with Crippen LogP contribution in [0.2, 0.25) is 0 Å². The Morgan fingerprint density at radius 2 is 1.61 bits per heavy atom. The summed E-state index contributed by atoms with van der Waals surface area (Å²) < 4.78 is 18.2. The van der Waals surface area contributed by atoms with E-state index in [2.05, 4.69) is 0 Å². The minimum absolute atomic E-state index is 0.0124. The van der Waals surface area contributed by atoms with E-state index in [4.69, 9.17) is 24.4 Å². The minimum atomic E-state index is -0.517. The molecule has 0 saturated carbocycles. The molecule has 6 heteroatoms. The summed E-state index contributed by atoms with van der Waals surface area (Å²) in [6, 6.07) is 17.5. The van der Waals surface area contributed by atoms with Gasteiger partial charge in [0.2, 0.25) is 0 Å². The smallest absolute Gasteiger partial charge is 0.119 e. The predicted octanol–water partition coefficient (Wildman–Crippen LogP) is 3.80. The van der Waals surface area contributed by atoms with Crippen molar-refractivity contribution in [1.82, 2.24) is 9.78 Å². The molecule has 0 amide bonds. The summed E-state index contributed by atoms with van der Waals surface area (Å²) in [4.78, 5) is 0. The van der Waals surface area contributed by atoms with Gasteiger partial charge in [0.05, 0.1) is 30.8 Å². The first-order valence-corrected chi connectivity index (χ1v) is 9.12. The number of nitrogens with zero attached hydrogens (tertiary/aromatic N) is 2. The van der Waals surface area contributed by atoms with Crippen molar-refractivity contribution in [2.24, 2.45) is 0 Å². The Morgan fingerprint density at radius 1 is 0.964 bits per heavy atom. The van der Waals surface area contributed by atoms with Crippen molar-refractivity contribution >= 4 is 0 Å². The third kappa shape index (κ3) is 4.18. The van der Waals surface area contributed by atoms with Crippen LogP contribution in [0.15, 0.2) is 54.6 Å². The highest BCUT2D eigenvalue weighted by Gasteiger charge is 2.25. The van der Waals surface area contributed by atoms with E-state index >= 15 is 0 Å². The van der Waals surface area contributed by atoms with Gasteiger partial charge in [-0.05, 0) is 68.4 Å². The topological polar surface area (TPSA) is 65.7 Å². The van der Waals surface area contributed by atoms with Crippen LogP contribution in [0.4, 0.5) is 0 Å². The third-order valence-electron chi connectivity index (χ3n) is 4.66. The molecule has 0 aliphatic rings. The van der Waals surface area contributed by atoms with Gasteiger partial charge in [0.15, 0.2) is 0 Å². The molecule has 3 aromatic rings. The fourth-order valence-corrected chi connectivity index (χ4v) is 2.79. The summed E-state index contributed by atoms with van der Waals surface area (Å²) in [5.74, 6) is 1.51. The maximum absolute atomic E-state index is 8.90. The van der Waals surface area contributed by atoms with Crippen molar-refractivity contribution in [3.8, 4) is 28.4 Å². The molecule has 3 rings (SSSR count). The van der Waals surface area contributed by atoms with Gasteiger partial charge in [0.25, 0.3) is 0 Å². The molecule has 148 valence electrons. The second-order valence-corrected chi connectivity index (χ2v) is 6.84. The molecular weight excluding hydrogens is 356 g/mol. The number of rotatable bonds is 8. The largest absolute Gasteiger partial charge is 0.497 e. The highest BCUT2D eigenvalue weighted by atomic mass is 16.5. The van der Waals surface area contributed by atoms with Crippen LogP contribution in [-0.2, 0) is 10.3 Å². The number of aromatic nitrogens is 2. The van der Waals surface area contributed by atoms with E-state index in [1.165, 1.54) is 0 Å². The predicted molar refractivity (Wildman–Crippen MR) is 108 cm³/mol. The average molecular weight is 382 g/mol. The highest BCUT2D eigenvalue weighted by molar-refractivity contribution is 5.64. The molecule has 1 heterocycles. The molecule has 28 heavy (non-hydrogen) atoms. The van der Waals surface area contributed by atoms with Crippen LogP contribution in [0.5, 0.6) is 11.5 Å². The fraction of sp³-hybridized carbons (Fsp3) is 0.318. The van der Waals surface area contributed by atoms with E-state index in [-0.39, 0.29) is 13.2 Å². The summed E-state index contributed by atoms with van der Waals surface area (Å²) in [6.45, 7) is 4.24. The minimum Gasteiger partial charge on any atom is -0.497 e. The second kappa shape index (κ2) is 8.46. The zero-order valence-electron chi connectivity index (χ0n) is 16.7. The lowest BCUT2D eigenvalue weighted by molar-refractivity contribution is 0.0152. The number of benzene rings is 2. The lowest BCUT2D eigenvalue weighted by Crippen LogP contribution is -2.20. The Morgan fingerprint density at radius 3 is 2.18 bits per heavy atom. The maximum Gasteiger partial charge on any atom is 0.119 e. The van der Waals surface area contributed by atoms with Crippen LogP contribution in [0.3, 0.4) is 0 Å². The van der Waals surface area contributed by atoms with Crippen molar-refractivity contribution < 1.29 is 19.3 Å². The lowest BCUT2D eigenvalue weighted by atomic mass is 10.0. The average Bonchev–Trinajstić information content (AvgIpc) is 3.19. The van der Waals surface area contributed by atoms with Crippen molar-refractivity contribution in [2.45, 2.75) is 19.4 Å². The number of methoxy groups -OCH3 is 2. The summed E-state index contributed by atoms with van der Waals surface area (Å²) in [6.07, 6.45) is 0. The number of aliphatic hydroxyl groups excluding tert-OH is 1. The van der Waals surface area contributed by atoms with E-state index in [9.17, 15) is 0 Å². The van der Waals surface area contributed by atoms with Crippen molar-refractivity contribution in [1.29, 1.82) is 0 Å². The van der Waals surface area contributed by atoms with Gasteiger partial charge in [-0.15, -0.1) is 0 Å². The first-order chi connectivity index (χ1) is 13.5. The molecule has 6 nitrogen and oxygen atoms in total. The third-order valence-corrected chi connectivity index (χ3v) is 4.66. The molecular formula is C22H26N2O4. The van der Waals surface area contributed by atoms with E-state index in [0.717, 1.165) is 28.4 Å². The molecule has 0 aliphatic carbocycles. The van der Waals surface area contributed by atoms with E-state index in [1.807, 2.05) is 73.1 Å². The van der Waals surface area contributed by atoms with Gasteiger partial charge in [-0.3, -0.25) is 0 Å². The summed E-state index contributed by atoms with van der Waals surface area (Å²) in [5, 5.41) is 13.7. The standard InChI is InChI=1S/C22H26N2O4/c1-22(2,27-4)21-15-20(16-5-9-19(10-6-16)28-14-13-25)24(23-21)17-7-11-18(26-3)12-8-17/h5-12,15,25H,13-14H2,1-4H3. The number of ether oxygens (including phenoxy) is 3. The molecule has 2 aromatic carbocycles. The normalized spacial score (nSPS) is 11.5. The van der Waals surface area contributed by atoms with Gasteiger partial charge in [-0.2, -0.15) is 5.10 Å². The van der Waals surface area contributed by atoms with Crippen LogP contribution < -0.4 is 9.47 Å². The Kier molecular flexibility index (Phi) is 6.02. The van der Waals surface area contributed by atoms with Crippen LogP contribution in [0.1, 0.15) is 19.5 Å². The van der Waals surface area contributed by atoms with Crippen LogP contribution in [0.25, 0.3) is 16.9 Å². The number of hydrogen-bond donors (Lipinski definition) is 1. The molecule has 0 radical (unpaired) electrons. The molecule has 1 N–H and O–H groups in total. The first-order valence-electron chi connectivity index (χ1n) is 9.12. The van der Waals surface area contributed by atoms with Gasteiger partial charge in [-0.25, -0.2) is 4.68 Å². The van der Waals surface area contributed by atoms with Gasteiger partial charge < -0.3 is 19.3 Å². The SMILES string of the molecule is COc1ccc(-n2nc(C(C)(C)OC)cc2-c2ccc(OCCO)cc2)cc1. The molecule has 0 unspecified atom stereocenters. The quantitative estimate of drug-likeness (QED) is 0.642. The highest BCUT2D eigenvalue weighted by Crippen LogP contribution is 2.31. The molecule has 0 atom stereocenters. The van der Waals surface area contributed by atoms with Gasteiger partial charge in [0.1, 0.15) is 23.7 Å². The van der Waals surface area contributed by atoms with Gasteiger partial charge >= 0.3 is 0 Å². The summed E-state index contributed by atoms with van der Waals surface area (Å²) >= 11 is 0. The zero-order chi connectivity index (χ0) is 20.1. The molecule has 0 fully saturated rings. The fourth-order valence-electron chi connectivity index (χ4n) is 2.79. The van der Waals surface area contributed by atoms with Gasteiger partial charge in [0, 0.05) is 12.7 Å². The Balaban J connectivity index is 2.05. The van der Waals surface area contributed by atoms with Crippen LogP contribution in [-0.4, -0.2) is 42.3 Å². The number of hydrogen-bond acceptors (Lipinski definition) is 5. The Bertz CT molecular complexity index is 899. The zero-order valence-corrected chi connectivity index (χ0v) is 16.7. The molecule has 0 spiro atoms.